The van der Waals surface area contributed by atoms with Crippen LogP contribution in [-0.4, -0.2) is 49.5 Å². The Hall–Kier alpha value is -2.60. The van der Waals surface area contributed by atoms with Crippen molar-refractivity contribution in [3.05, 3.63) is 64.1 Å². The number of H-pyrrole nitrogens is 1. The Kier molecular flexibility index (Phi) is 6.29. The Bertz CT molecular complexity index is 787. The number of pyridine rings is 1. The molecule has 1 aromatic carbocycles. The Morgan fingerprint density at radius 1 is 1.11 bits per heavy atom. The number of piperidine rings is 1. The molecule has 2 N–H and O–H groups in total. The molecular formula is C21H28N4O2. The van der Waals surface area contributed by atoms with Gasteiger partial charge in [0.15, 0.2) is 0 Å². The third-order valence-corrected chi connectivity index (χ3v) is 5.13. The predicted octanol–water partition coefficient (Wildman–Crippen LogP) is 2.40. The molecule has 2 heterocycles. The van der Waals surface area contributed by atoms with E-state index in [0.29, 0.717) is 12.1 Å². The van der Waals surface area contributed by atoms with Crippen molar-refractivity contribution in [2.24, 2.45) is 0 Å². The number of carbonyl (C=O) groups excluding carboxylic acids is 1. The first kappa shape index (κ1) is 19.2. The molecule has 0 radical (unpaired) electrons. The summed E-state index contributed by atoms with van der Waals surface area (Å²) in [5.41, 5.74) is 2.63. The molecule has 144 valence electrons. The van der Waals surface area contributed by atoms with E-state index < -0.39 is 0 Å². The predicted molar refractivity (Wildman–Crippen MR) is 108 cm³/mol. The SMILES string of the molecule is CN(C)c1ccc(C(CNC(=O)c2ccc(=O)[nH]c2)N2CCCCC2)cc1. The molecule has 1 fully saturated rings. The van der Waals surface area contributed by atoms with Gasteiger partial charge in [0, 0.05) is 38.6 Å². The van der Waals surface area contributed by atoms with Crippen molar-refractivity contribution in [3.63, 3.8) is 0 Å². The lowest BCUT2D eigenvalue weighted by Gasteiger charge is -2.35. The fourth-order valence-electron chi connectivity index (χ4n) is 3.53. The van der Waals surface area contributed by atoms with Gasteiger partial charge in [0.05, 0.1) is 11.6 Å². The fourth-order valence-corrected chi connectivity index (χ4v) is 3.53. The fraction of sp³-hybridized carbons (Fsp3) is 0.429. The number of benzene rings is 1. The third kappa shape index (κ3) is 4.98. The number of hydrogen-bond acceptors (Lipinski definition) is 4. The summed E-state index contributed by atoms with van der Waals surface area (Å²) in [7, 11) is 4.06. The lowest BCUT2D eigenvalue weighted by atomic mass is 10.0. The van der Waals surface area contributed by atoms with E-state index in [1.165, 1.54) is 37.1 Å². The second-order valence-electron chi connectivity index (χ2n) is 7.25. The van der Waals surface area contributed by atoms with Gasteiger partial charge in [-0.25, -0.2) is 0 Å². The van der Waals surface area contributed by atoms with Gasteiger partial charge in [-0.2, -0.15) is 0 Å². The normalized spacial score (nSPS) is 15.9. The molecule has 1 saturated heterocycles. The van der Waals surface area contributed by atoms with Crippen molar-refractivity contribution in [2.45, 2.75) is 25.3 Å². The molecule has 27 heavy (non-hydrogen) atoms. The number of nitrogens with one attached hydrogen (secondary N) is 2. The molecule has 0 saturated carbocycles. The molecule has 0 bridgehead atoms. The summed E-state index contributed by atoms with van der Waals surface area (Å²) >= 11 is 0. The number of amides is 1. The van der Waals surface area contributed by atoms with Crippen LogP contribution in [0.3, 0.4) is 0 Å². The van der Waals surface area contributed by atoms with Gasteiger partial charge in [0.1, 0.15) is 0 Å². The lowest BCUT2D eigenvalue weighted by Crippen LogP contribution is -2.40. The number of likely N-dealkylation sites (tertiary alicyclic amines) is 1. The number of aromatic nitrogens is 1. The molecule has 1 unspecified atom stereocenters. The van der Waals surface area contributed by atoms with E-state index in [4.69, 9.17) is 0 Å². The number of aromatic amines is 1. The van der Waals surface area contributed by atoms with Gasteiger partial charge >= 0.3 is 0 Å². The Labute approximate surface area is 160 Å². The van der Waals surface area contributed by atoms with E-state index in [9.17, 15) is 9.59 Å². The molecule has 1 aliphatic rings. The van der Waals surface area contributed by atoms with Crippen molar-refractivity contribution in [1.82, 2.24) is 15.2 Å². The van der Waals surface area contributed by atoms with Gasteiger partial charge in [0.25, 0.3) is 5.91 Å². The molecule has 1 aliphatic heterocycles. The molecule has 0 spiro atoms. The van der Waals surface area contributed by atoms with Crippen LogP contribution < -0.4 is 15.8 Å². The van der Waals surface area contributed by atoms with E-state index in [1.807, 2.05) is 14.1 Å². The average Bonchev–Trinajstić information content (AvgIpc) is 2.69. The molecule has 1 amide bonds. The van der Waals surface area contributed by atoms with E-state index in [2.05, 4.69) is 44.4 Å². The lowest BCUT2D eigenvalue weighted by molar-refractivity contribution is 0.0924. The van der Waals surface area contributed by atoms with Gasteiger partial charge in [-0.3, -0.25) is 14.5 Å². The number of hydrogen-bond donors (Lipinski definition) is 2. The van der Waals surface area contributed by atoms with Crippen LogP contribution in [0.4, 0.5) is 5.69 Å². The van der Waals surface area contributed by atoms with Crippen LogP contribution in [0.2, 0.25) is 0 Å². The number of carbonyl (C=O) groups is 1. The van der Waals surface area contributed by atoms with Crippen LogP contribution in [0.1, 0.15) is 41.2 Å². The van der Waals surface area contributed by atoms with Crippen molar-refractivity contribution < 1.29 is 4.79 Å². The first-order valence-corrected chi connectivity index (χ1v) is 9.53. The topological polar surface area (TPSA) is 68.4 Å². The van der Waals surface area contributed by atoms with Crippen LogP contribution in [0.5, 0.6) is 0 Å². The molecule has 3 rings (SSSR count). The highest BCUT2D eigenvalue weighted by Gasteiger charge is 2.23. The molecular weight excluding hydrogens is 340 g/mol. The number of anilines is 1. The van der Waals surface area contributed by atoms with Gasteiger partial charge in [-0.15, -0.1) is 0 Å². The number of rotatable bonds is 6. The van der Waals surface area contributed by atoms with Gasteiger partial charge in [-0.05, 0) is 49.7 Å². The first-order chi connectivity index (χ1) is 13.0. The zero-order valence-electron chi connectivity index (χ0n) is 16.1. The van der Waals surface area contributed by atoms with E-state index in [0.717, 1.165) is 18.8 Å². The molecule has 6 nitrogen and oxygen atoms in total. The second kappa shape index (κ2) is 8.86. The quantitative estimate of drug-likeness (QED) is 0.822. The summed E-state index contributed by atoms with van der Waals surface area (Å²) in [6.07, 6.45) is 5.12. The van der Waals surface area contributed by atoms with Crippen LogP contribution in [0.25, 0.3) is 0 Å². The summed E-state index contributed by atoms with van der Waals surface area (Å²) in [5, 5.41) is 3.04. The first-order valence-electron chi connectivity index (χ1n) is 9.53. The maximum Gasteiger partial charge on any atom is 0.252 e. The highest BCUT2D eigenvalue weighted by Crippen LogP contribution is 2.26. The Balaban J connectivity index is 1.74. The van der Waals surface area contributed by atoms with Crippen molar-refractivity contribution in [2.75, 3.05) is 38.6 Å². The number of nitrogens with zero attached hydrogens (tertiary/aromatic N) is 2. The molecule has 1 aromatic heterocycles. The van der Waals surface area contributed by atoms with Gasteiger partial charge < -0.3 is 15.2 Å². The van der Waals surface area contributed by atoms with Gasteiger partial charge in [-0.1, -0.05) is 18.6 Å². The van der Waals surface area contributed by atoms with Crippen LogP contribution >= 0.6 is 0 Å². The van der Waals surface area contributed by atoms with Crippen LogP contribution in [-0.2, 0) is 0 Å². The zero-order chi connectivity index (χ0) is 19.2. The standard InChI is InChI=1S/C21H28N4O2/c1-24(2)18-9-6-16(7-10-18)19(25-12-4-3-5-13-25)15-23-21(27)17-8-11-20(26)22-14-17/h6-11,14,19H,3-5,12-13,15H2,1-2H3,(H,22,26)(H,23,27). The second-order valence-corrected chi connectivity index (χ2v) is 7.25. The maximum absolute atomic E-state index is 12.5. The summed E-state index contributed by atoms with van der Waals surface area (Å²) in [6, 6.07) is 11.6. The minimum Gasteiger partial charge on any atom is -0.378 e. The third-order valence-electron chi connectivity index (χ3n) is 5.13. The summed E-state index contributed by atoms with van der Waals surface area (Å²) in [4.78, 5) is 30.7. The molecule has 6 heteroatoms. The zero-order valence-corrected chi connectivity index (χ0v) is 16.1. The summed E-state index contributed by atoms with van der Waals surface area (Å²) < 4.78 is 0. The Morgan fingerprint density at radius 3 is 2.41 bits per heavy atom. The summed E-state index contributed by atoms with van der Waals surface area (Å²) in [5.74, 6) is -0.168. The van der Waals surface area contributed by atoms with Crippen LogP contribution in [0, 0.1) is 0 Å². The highest BCUT2D eigenvalue weighted by molar-refractivity contribution is 5.93. The smallest absolute Gasteiger partial charge is 0.252 e. The highest BCUT2D eigenvalue weighted by atomic mass is 16.1. The van der Waals surface area contributed by atoms with Crippen LogP contribution in [0.15, 0.2) is 47.4 Å². The molecule has 0 aliphatic carbocycles. The Morgan fingerprint density at radius 2 is 1.81 bits per heavy atom. The minimum absolute atomic E-state index is 0.147. The largest absolute Gasteiger partial charge is 0.378 e. The van der Waals surface area contributed by atoms with Gasteiger partial charge in [0.2, 0.25) is 5.56 Å². The van der Waals surface area contributed by atoms with E-state index >= 15 is 0 Å². The molecule has 1 atom stereocenters. The van der Waals surface area contributed by atoms with Crippen molar-refractivity contribution in [1.29, 1.82) is 0 Å². The maximum atomic E-state index is 12.5. The average molecular weight is 368 g/mol. The van der Waals surface area contributed by atoms with Crippen molar-refractivity contribution >= 4 is 11.6 Å². The van der Waals surface area contributed by atoms with Crippen molar-refractivity contribution in [3.8, 4) is 0 Å². The minimum atomic E-state index is -0.210. The van der Waals surface area contributed by atoms with E-state index in [1.54, 1.807) is 6.07 Å². The van der Waals surface area contributed by atoms with E-state index in [-0.39, 0.29) is 17.5 Å². The monoisotopic (exact) mass is 368 g/mol. The summed E-state index contributed by atoms with van der Waals surface area (Å²) in [6.45, 7) is 2.64. The molecule has 2 aromatic rings.